The molecule has 2 N–H and O–H groups in total. The van der Waals surface area contributed by atoms with Crippen LogP contribution in [0.2, 0.25) is 0 Å². The number of aromatic nitrogens is 1. The average Bonchev–Trinajstić information content (AvgIpc) is 3.14. The number of nitrogens with one attached hydrogen (secondary N) is 2. The quantitative estimate of drug-likeness (QED) is 0.323. The van der Waals surface area contributed by atoms with Crippen molar-refractivity contribution in [2.24, 2.45) is 0 Å². The number of nitro benzene ring substituents is 1. The summed E-state index contributed by atoms with van der Waals surface area (Å²) in [7, 11) is 0. The molecule has 0 bridgehead atoms. The van der Waals surface area contributed by atoms with Crippen LogP contribution in [0.1, 0.15) is 17.5 Å². The van der Waals surface area contributed by atoms with Gasteiger partial charge >= 0.3 is 0 Å². The maximum atomic E-state index is 13.9. The summed E-state index contributed by atoms with van der Waals surface area (Å²) in [6, 6.07) is 20.4. The third-order valence-corrected chi connectivity index (χ3v) is 5.17. The second-order valence-corrected chi connectivity index (χ2v) is 7.23. The first kappa shape index (κ1) is 20.3. The lowest BCUT2D eigenvalue weighted by atomic mass is 10.0. The normalized spacial score (nSPS) is 10.9. The van der Waals surface area contributed by atoms with E-state index < -0.39 is 4.92 Å². The number of rotatable bonds is 7. The van der Waals surface area contributed by atoms with E-state index in [1.165, 1.54) is 24.3 Å². The Morgan fingerprint density at radius 3 is 2.48 bits per heavy atom. The number of halogens is 1. The molecule has 0 aliphatic carbocycles. The number of amides is 1. The summed E-state index contributed by atoms with van der Waals surface area (Å²) in [6.45, 7) is 0.283. The Morgan fingerprint density at radius 2 is 1.77 bits per heavy atom. The fourth-order valence-electron chi connectivity index (χ4n) is 3.59. The predicted molar refractivity (Wildman–Crippen MR) is 117 cm³/mol. The van der Waals surface area contributed by atoms with E-state index >= 15 is 0 Å². The van der Waals surface area contributed by atoms with E-state index in [2.05, 4.69) is 10.3 Å². The summed E-state index contributed by atoms with van der Waals surface area (Å²) in [5, 5.41) is 14.3. The molecule has 6 nitrogen and oxygen atoms in total. The number of hydrogen-bond donors (Lipinski definition) is 2. The fraction of sp³-hybridized carbons (Fsp3) is 0.125. The first-order chi connectivity index (χ1) is 15.0. The van der Waals surface area contributed by atoms with Crippen molar-refractivity contribution in [3.63, 3.8) is 0 Å². The lowest BCUT2D eigenvalue weighted by molar-refractivity contribution is -0.384. The number of carbonyl (C=O) groups excluding carboxylic acids is 1. The third kappa shape index (κ3) is 4.61. The summed E-state index contributed by atoms with van der Waals surface area (Å²) in [6.07, 6.45) is 0.677. The molecule has 0 saturated heterocycles. The van der Waals surface area contributed by atoms with Crippen LogP contribution in [0.4, 0.5) is 10.1 Å². The highest BCUT2D eigenvalue weighted by atomic mass is 19.1. The molecule has 0 aliphatic rings. The van der Waals surface area contributed by atoms with E-state index in [4.69, 9.17) is 0 Å². The molecule has 1 amide bonds. The van der Waals surface area contributed by atoms with Crippen molar-refractivity contribution < 1.29 is 14.1 Å². The molecule has 4 aromatic rings. The largest absolute Gasteiger partial charge is 0.354 e. The van der Waals surface area contributed by atoms with Crippen molar-refractivity contribution in [1.29, 1.82) is 0 Å². The number of carbonyl (C=O) groups is 1. The van der Waals surface area contributed by atoms with Crippen LogP contribution in [0.5, 0.6) is 0 Å². The number of fused-ring (bicyclic) bond motifs is 1. The minimum absolute atomic E-state index is 0.00934. The lowest BCUT2D eigenvalue weighted by Gasteiger charge is -2.07. The smallest absolute Gasteiger partial charge is 0.269 e. The molecule has 0 unspecified atom stereocenters. The number of hydrogen-bond acceptors (Lipinski definition) is 3. The molecule has 1 heterocycles. The van der Waals surface area contributed by atoms with Gasteiger partial charge in [-0.3, -0.25) is 14.9 Å². The second kappa shape index (κ2) is 8.79. The van der Waals surface area contributed by atoms with E-state index in [1.54, 1.807) is 18.2 Å². The summed E-state index contributed by atoms with van der Waals surface area (Å²) in [5.41, 5.74) is 4.35. The standard InChI is InChI=1S/C24H20FN3O3/c25-18-8-12-22-21(14-18)20(24(27-22)17-4-2-1-3-5-17)11-13-23(29)26-15-16-6-9-19(10-7-16)28(30)31/h1-10,12,14,27H,11,13,15H2,(H,26,29). The molecular weight excluding hydrogens is 397 g/mol. The highest BCUT2D eigenvalue weighted by Crippen LogP contribution is 2.31. The van der Waals surface area contributed by atoms with Crippen molar-refractivity contribution >= 4 is 22.5 Å². The fourth-order valence-corrected chi connectivity index (χ4v) is 3.59. The molecular formula is C24H20FN3O3. The Labute approximate surface area is 177 Å². The van der Waals surface area contributed by atoms with Gasteiger partial charge in [-0.15, -0.1) is 0 Å². The molecule has 0 spiro atoms. The zero-order valence-corrected chi connectivity index (χ0v) is 16.6. The molecule has 3 aromatic carbocycles. The highest BCUT2D eigenvalue weighted by Gasteiger charge is 2.15. The van der Waals surface area contributed by atoms with Crippen molar-refractivity contribution in [1.82, 2.24) is 10.3 Å². The van der Waals surface area contributed by atoms with Crippen molar-refractivity contribution in [2.75, 3.05) is 0 Å². The van der Waals surface area contributed by atoms with Gasteiger partial charge in [0.05, 0.1) is 4.92 Å². The number of benzene rings is 3. The first-order valence-corrected chi connectivity index (χ1v) is 9.87. The molecule has 1 aromatic heterocycles. The molecule has 4 rings (SSSR count). The van der Waals surface area contributed by atoms with Crippen molar-refractivity contribution in [2.45, 2.75) is 19.4 Å². The van der Waals surface area contributed by atoms with Crippen LogP contribution in [0.3, 0.4) is 0 Å². The SMILES string of the molecule is O=C(CCc1c(-c2ccccc2)[nH]c2ccc(F)cc12)NCc1ccc([N+](=O)[O-])cc1. The molecule has 0 saturated carbocycles. The van der Waals surface area contributed by atoms with Crippen LogP contribution in [0, 0.1) is 15.9 Å². The Morgan fingerprint density at radius 1 is 1.03 bits per heavy atom. The van der Waals surface area contributed by atoms with Crippen LogP contribution >= 0.6 is 0 Å². The third-order valence-electron chi connectivity index (χ3n) is 5.17. The Kier molecular flexibility index (Phi) is 5.75. The van der Waals surface area contributed by atoms with Gasteiger partial charge in [0, 0.05) is 41.7 Å². The highest BCUT2D eigenvalue weighted by molar-refractivity contribution is 5.91. The molecule has 31 heavy (non-hydrogen) atoms. The molecule has 0 fully saturated rings. The maximum Gasteiger partial charge on any atom is 0.269 e. The number of aryl methyl sites for hydroxylation is 1. The Bertz CT molecular complexity index is 1230. The second-order valence-electron chi connectivity index (χ2n) is 7.23. The zero-order valence-electron chi connectivity index (χ0n) is 16.6. The number of nitrogens with zero attached hydrogens (tertiary/aromatic N) is 1. The first-order valence-electron chi connectivity index (χ1n) is 9.87. The minimum atomic E-state index is -0.462. The Balaban J connectivity index is 1.48. The van der Waals surface area contributed by atoms with Gasteiger partial charge in [-0.25, -0.2) is 4.39 Å². The Hall–Kier alpha value is -4.00. The summed E-state index contributed by atoms with van der Waals surface area (Å²) < 4.78 is 13.9. The van der Waals surface area contributed by atoms with Crippen LogP contribution < -0.4 is 5.32 Å². The van der Waals surface area contributed by atoms with Gasteiger partial charge in [0.15, 0.2) is 0 Å². The molecule has 0 radical (unpaired) electrons. The molecule has 0 atom stereocenters. The predicted octanol–water partition coefficient (Wildman–Crippen LogP) is 5.13. The van der Waals surface area contributed by atoms with Gasteiger partial charge in [0.25, 0.3) is 5.69 Å². The van der Waals surface area contributed by atoms with E-state index in [-0.39, 0.29) is 30.4 Å². The number of non-ortho nitro benzene ring substituents is 1. The summed E-state index contributed by atoms with van der Waals surface area (Å²) in [4.78, 5) is 26.1. The van der Waals surface area contributed by atoms with Crippen LogP contribution in [0.15, 0.2) is 72.8 Å². The lowest BCUT2D eigenvalue weighted by Crippen LogP contribution is -2.23. The average molecular weight is 417 g/mol. The van der Waals surface area contributed by atoms with E-state index in [9.17, 15) is 19.3 Å². The summed E-state index contributed by atoms with van der Waals surface area (Å²) >= 11 is 0. The van der Waals surface area contributed by atoms with Gasteiger partial charge in [-0.1, -0.05) is 42.5 Å². The number of nitro groups is 1. The van der Waals surface area contributed by atoms with E-state index in [0.29, 0.717) is 6.42 Å². The van der Waals surface area contributed by atoms with Crippen LogP contribution in [-0.4, -0.2) is 15.8 Å². The van der Waals surface area contributed by atoms with E-state index in [1.807, 2.05) is 30.3 Å². The van der Waals surface area contributed by atoms with Crippen molar-refractivity contribution in [3.05, 3.63) is 99.9 Å². The summed E-state index contributed by atoms with van der Waals surface area (Å²) in [5.74, 6) is -0.474. The van der Waals surface area contributed by atoms with Crippen LogP contribution in [0.25, 0.3) is 22.2 Å². The zero-order chi connectivity index (χ0) is 21.8. The number of aromatic amines is 1. The van der Waals surface area contributed by atoms with Gasteiger partial charge < -0.3 is 10.3 Å². The number of H-pyrrole nitrogens is 1. The molecule has 156 valence electrons. The van der Waals surface area contributed by atoms with Gasteiger partial charge in [-0.05, 0) is 41.3 Å². The molecule has 7 heteroatoms. The van der Waals surface area contributed by atoms with E-state index in [0.717, 1.165) is 33.3 Å². The monoisotopic (exact) mass is 417 g/mol. The molecule has 0 aliphatic heterocycles. The maximum absolute atomic E-state index is 13.9. The topological polar surface area (TPSA) is 88.0 Å². The van der Waals surface area contributed by atoms with Gasteiger partial charge in [0.2, 0.25) is 5.91 Å². The van der Waals surface area contributed by atoms with Crippen LogP contribution in [-0.2, 0) is 17.8 Å². The minimum Gasteiger partial charge on any atom is -0.354 e. The van der Waals surface area contributed by atoms with Gasteiger partial charge in [-0.2, -0.15) is 0 Å². The van der Waals surface area contributed by atoms with Gasteiger partial charge in [0.1, 0.15) is 5.82 Å². The van der Waals surface area contributed by atoms with Crippen molar-refractivity contribution in [3.8, 4) is 11.3 Å².